The average molecular weight is 190 g/mol. The summed E-state index contributed by atoms with van der Waals surface area (Å²) in [4.78, 5) is 0. The van der Waals surface area contributed by atoms with E-state index in [1.165, 1.54) is 0 Å². The van der Waals surface area contributed by atoms with E-state index >= 15 is 0 Å². The Morgan fingerprint density at radius 2 is 1.77 bits per heavy atom. The van der Waals surface area contributed by atoms with E-state index in [4.69, 9.17) is 14.6 Å². The second-order valence-electron chi connectivity index (χ2n) is 3.03. The molecule has 0 radical (unpaired) electrons. The van der Waals surface area contributed by atoms with Crippen molar-refractivity contribution in [3.05, 3.63) is 0 Å². The highest BCUT2D eigenvalue weighted by molar-refractivity contribution is 4.42. The van der Waals surface area contributed by atoms with Gasteiger partial charge in [-0.15, -0.1) is 0 Å². The van der Waals surface area contributed by atoms with Crippen molar-refractivity contribution in [2.45, 2.75) is 45.8 Å². The number of ether oxygens (including phenoxy) is 2. The van der Waals surface area contributed by atoms with E-state index < -0.39 is 0 Å². The Morgan fingerprint density at radius 1 is 1.08 bits per heavy atom. The van der Waals surface area contributed by atoms with Gasteiger partial charge in [-0.05, 0) is 26.7 Å². The second kappa shape index (κ2) is 9.96. The molecule has 1 unspecified atom stereocenters. The molecule has 3 heteroatoms. The van der Waals surface area contributed by atoms with Crippen LogP contribution >= 0.6 is 0 Å². The zero-order valence-electron chi connectivity index (χ0n) is 8.79. The molecule has 3 nitrogen and oxygen atoms in total. The minimum Gasteiger partial charge on any atom is -0.396 e. The summed E-state index contributed by atoms with van der Waals surface area (Å²) in [6.07, 6.45) is 4.09. The molecule has 0 saturated heterocycles. The quantitative estimate of drug-likeness (QED) is 0.446. The lowest BCUT2D eigenvalue weighted by Gasteiger charge is -2.12. The molecule has 0 aromatic heterocycles. The van der Waals surface area contributed by atoms with Crippen LogP contribution in [0.4, 0.5) is 0 Å². The minimum absolute atomic E-state index is 0.0807. The van der Waals surface area contributed by atoms with Gasteiger partial charge in [0.15, 0.2) is 6.29 Å². The van der Waals surface area contributed by atoms with E-state index in [1.54, 1.807) is 0 Å². The summed E-state index contributed by atoms with van der Waals surface area (Å²) in [7, 11) is 0. The molecule has 80 valence electrons. The van der Waals surface area contributed by atoms with Gasteiger partial charge in [-0.25, -0.2) is 0 Å². The lowest BCUT2D eigenvalue weighted by molar-refractivity contribution is -0.127. The SMILES string of the molecule is CCOC(C)OCCCCCCO. The number of unbranched alkanes of at least 4 members (excludes halogenated alkanes) is 3. The smallest absolute Gasteiger partial charge is 0.154 e. The van der Waals surface area contributed by atoms with Crippen LogP contribution < -0.4 is 0 Å². The van der Waals surface area contributed by atoms with Gasteiger partial charge >= 0.3 is 0 Å². The highest BCUT2D eigenvalue weighted by atomic mass is 16.7. The predicted octanol–water partition coefficient (Wildman–Crippen LogP) is 1.94. The minimum atomic E-state index is -0.0807. The van der Waals surface area contributed by atoms with Crippen molar-refractivity contribution in [2.75, 3.05) is 19.8 Å². The Labute approximate surface area is 81.0 Å². The van der Waals surface area contributed by atoms with Gasteiger partial charge in [-0.2, -0.15) is 0 Å². The molecule has 13 heavy (non-hydrogen) atoms. The average Bonchev–Trinajstić information content (AvgIpc) is 2.11. The molecule has 0 fully saturated rings. The Morgan fingerprint density at radius 3 is 2.38 bits per heavy atom. The van der Waals surface area contributed by atoms with Crippen LogP contribution in [-0.2, 0) is 9.47 Å². The molecule has 0 saturated carbocycles. The Bertz CT molecular complexity index is 96.2. The molecule has 0 bridgehead atoms. The first-order chi connectivity index (χ1) is 6.31. The number of hydrogen-bond donors (Lipinski definition) is 1. The lowest BCUT2D eigenvalue weighted by atomic mass is 10.2. The molecule has 0 aliphatic carbocycles. The summed E-state index contributed by atoms with van der Waals surface area (Å²) in [6, 6.07) is 0. The van der Waals surface area contributed by atoms with Crippen molar-refractivity contribution in [2.24, 2.45) is 0 Å². The molecular formula is C10H22O3. The van der Waals surface area contributed by atoms with Crippen LogP contribution in [0.25, 0.3) is 0 Å². The van der Waals surface area contributed by atoms with Gasteiger partial charge in [-0.3, -0.25) is 0 Å². The normalized spacial score (nSPS) is 13.2. The Balaban J connectivity index is 2.97. The van der Waals surface area contributed by atoms with Crippen molar-refractivity contribution in [1.82, 2.24) is 0 Å². The molecular weight excluding hydrogens is 168 g/mol. The Kier molecular flexibility index (Phi) is 9.87. The maximum atomic E-state index is 8.53. The number of aliphatic hydroxyl groups is 1. The number of rotatable bonds is 9. The van der Waals surface area contributed by atoms with Crippen LogP contribution in [0.5, 0.6) is 0 Å². The highest BCUT2D eigenvalue weighted by Crippen LogP contribution is 2.01. The van der Waals surface area contributed by atoms with Crippen molar-refractivity contribution in [1.29, 1.82) is 0 Å². The van der Waals surface area contributed by atoms with Crippen LogP contribution in [0, 0.1) is 0 Å². The van der Waals surface area contributed by atoms with E-state index in [1.807, 2.05) is 13.8 Å². The van der Waals surface area contributed by atoms with Gasteiger partial charge < -0.3 is 14.6 Å². The predicted molar refractivity (Wildman–Crippen MR) is 52.6 cm³/mol. The second-order valence-corrected chi connectivity index (χ2v) is 3.03. The lowest BCUT2D eigenvalue weighted by Crippen LogP contribution is -2.13. The topological polar surface area (TPSA) is 38.7 Å². The summed E-state index contributed by atoms with van der Waals surface area (Å²) in [5.41, 5.74) is 0. The zero-order valence-corrected chi connectivity index (χ0v) is 8.79. The van der Waals surface area contributed by atoms with Crippen LogP contribution in [0.3, 0.4) is 0 Å². The third kappa shape index (κ3) is 9.80. The summed E-state index contributed by atoms with van der Waals surface area (Å²) in [5, 5.41) is 8.53. The molecule has 0 aliphatic rings. The summed E-state index contributed by atoms with van der Waals surface area (Å²) >= 11 is 0. The van der Waals surface area contributed by atoms with Crippen LogP contribution in [0.15, 0.2) is 0 Å². The third-order valence-corrected chi connectivity index (χ3v) is 1.81. The monoisotopic (exact) mass is 190 g/mol. The van der Waals surface area contributed by atoms with Crippen LogP contribution in [-0.4, -0.2) is 31.2 Å². The first kappa shape index (κ1) is 12.9. The van der Waals surface area contributed by atoms with Gasteiger partial charge in [0.05, 0.1) is 0 Å². The van der Waals surface area contributed by atoms with E-state index in [0.717, 1.165) is 32.3 Å². The van der Waals surface area contributed by atoms with E-state index in [0.29, 0.717) is 13.2 Å². The van der Waals surface area contributed by atoms with Crippen molar-refractivity contribution < 1.29 is 14.6 Å². The van der Waals surface area contributed by atoms with Gasteiger partial charge in [0.25, 0.3) is 0 Å². The Hall–Kier alpha value is -0.120. The zero-order chi connectivity index (χ0) is 9.94. The van der Waals surface area contributed by atoms with E-state index in [9.17, 15) is 0 Å². The molecule has 0 amide bonds. The fraction of sp³-hybridized carbons (Fsp3) is 1.00. The maximum absolute atomic E-state index is 8.53. The van der Waals surface area contributed by atoms with E-state index in [-0.39, 0.29) is 6.29 Å². The number of aliphatic hydroxyl groups excluding tert-OH is 1. The van der Waals surface area contributed by atoms with Gasteiger partial charge in [-0.1, -0.05) is 12.8 Å². The first-order valence-electron chi connectivity index (χ1n) is 5.15. The standard InChI is InChI=1S/C10H22O3/c1-3-12-10(2)13-9-7-5-4-6-8-11/h10-11H,3-9H2,1-2H3. The molecule has 0 heterocycles. The molecule has 0 aliphatic heterocycles. The summed E-state index contributed by atoms with van der Waals surface area (Å²) in [6.45, 7) is 5.63. The van der Waals surface area contributed by atoms with Gasteiger partial charge in [0.1, 0.15) is 0 Å². The summed E-state index contributed by atoms with van der Waals surface area (Å²) < 4.78 is 10.6. The maximum Gasteiger partial charge on any atom is 0.154 e. The third-order valence-electron chi connectivity index (χ3n) is 1.81. The fourth-order valence-electron chi connectivity index (χ4n) is 1.10. The molecule has 0 rings (SSSR count). The van der Waals surface area contributed by atoms with Crippen molar-refractivity contribution in [3.63, 3.8) is 0 Å². The largest absolute Gasteiger partial charge is 0.396 e. The van der Waals surface area contributed by atoms with Gasteiger partial charge in [0, 0.05) is 19.8 Å². The number of hydrogen-bond acceptors (Lipinski definition) is 3. The highest BCUT2D eigenvalue weighted by Gasteiger charge is 1.98. The molecule has 0 aromatic rings. The molecule has 0 aromatic carbocycles. The van der Waals surface area contributed by atoms with Crippen LogP contribution in [0.2, 0.25) is 0 Å². The van der Waals surface area contributed by atoms with Crippen LogP contribution in [0.1, 0.15) is 39.5 Å². The van der Waals surface area contributed by atoms with Crippen molar-refractivity contribution in [3.8, 4) is 0 Å². The first-order valence-corrected chi connectivity index (χ1v) is 5.15. The van der Waals surface area contributed by atoms with Crippen molar-refractivity contribution >= 4 is 0 Å². The molecule has 1 atom stereocenters. The molecule has 0 spiro atoms. The van der Waals surface area contributed by atoms with E-state index in [2.05, 4.69) is 0 Å². The van der Waals surface area contributed by atoms with Gasteiger partial charge in [0.2, 0.25) is 0 Å². The fourth-order valence-corrected chi connectivity index (χ4v) is 1.10. The molecule has 1 N–H and O–H groups in total. The summed E-state index contributed by atoms with van der Waals surface area (Å²) in [5.74, 6) is 0.